The Morgan fingerprint density at radius 2 is 2.50 bits per heavy atom. The Bertz CT molecular complexity index is 505. The van der Waals surface area contributed by atoms with Crippen LogP contribution < -0.4 is 5.32 Å². The monoisotopic (exact) mass is 237 g/mol. The Kier molecular flexibility index (Phi) is 2.57. The maximum absolute atomic E-state index is 13.0. The second-order valence-electron chi connectivity index (χ2n) is 3.84. The first-order valence-corrected chi connectivity index (χ1v) is 6.44. The Balaban J connectivity index is 2.03. The van der Waals surface area contributed by atoms with E-state index in [0.717, 1.165) is 29.4 Å². The molecule has 1 aliphatic heterocycles. The molecular formula is C11H12FN3S. The van der Waals surface area contributed by atoms with Gasteiger partial charge in [0.05, 0.1) is 17.8 Å². The first kappa shape index (κ1) is 10.1. The quantitative estimate of drug-likeness (QED) is 0.820. The summed E-state index contributed by atoms with van der Waals surface area (Å²) >= 11 is 1.92. The second kappa shape index (κ2) is 4.07. The van der Waals surface area contributed by atoms with Gasteiger partial charge < -0.3 is 9.72 Å². The fourth-order valence-electron chi connectivity index (χ4n) is 1.98. The molecule has 1 aliphatic rings. The normalized spacial score (nSPS) is 21.4. The third-order valence-corrected chi connectivity index (χ3v) is 3.82. The highest BCUT2D eigenvalue weighted by atomic mass is 32.2. The van der Waals surface area contributed by atoms with E-state index in [-0.39, 0.29) is 11.9 Å². The van der Waals surface area contributed by atoms with Crippen LogP contribution in [-0.2, 0) is 0 Å². The molecular weight excluding hydrogens is 225 g/mol. The minimum atomic E-state index is -0.218. The predicted octanol–water partition coefficient (Wildman–Crippen LogP) is 1.85. The van der Waals surface area contributed by atoms with E-state index in [1.54, 1.807) is 12.4 Å². The van der Waals surface area contributed by atoms with Gasteiger partial charge in [-0.1, -0.05) is 0 Å². The van der Waals surface area contributed by atoms with Crippen LogP contribution in [-0.4, -0.2) is 27.4 Å². The van der Waals surface area contributed by atoms with E-state index in [2.05, 4.69) is 10.3 Å². The molecule has 1 N–H and O–H groups in total. The lowest BCUT2D eigenvalue weighted by molar-refractivity contribution is 0.561. The van der Waals surface area contributed by atoms with Crippen molar-refractivity contribution >= 4 is 17.3 Å². The zero-order valence-corrected chi connectivity index (χ0v) is 9.51. The average molecular weight is 237 g/mol. The number of imidazole rings is 1. The molecule has 2 aromatic heterocycles. The number of hydrogen-bond acceptors (Lipinski definition) is 3. The summed E-state index contributed by atoms with van der Waals surface area (Å²) in [6.45, 7) is 1.01. The number of fused-ring (bicyclic) bond motifs is 1. The summed E-state index contributed by atoms with van der Waals surface area (Å²) in [5.41, 5.74) is 0.812. The molecule has 0 spiro atoms. The van der Waals surface area contributed by atoms with Gasteiger partial charge in [0, 0.05) is 24.2 Å². The molecule has 3 heterocycles. The maximum atomic E-state index is 13.0. The van der Waals surface area contributed by atoms with E-state index < -0.39 is 0 Å². The minimum absolute atomic E-state index is 0.218. The van der Waals surface area contributed by atoms with Crippen molar-refractivity contribution in [2.75, 3.05) is 18.1 Å². The summed E-state index contributed by atoms with van der Waals surface area (Å²) in [7, 11) is 0. The van der Waals surface area contributed by atoms with Crippen molar-refractivity contribution in [1.29, 1.82) is 0 Å². The Morgan fingerprint density at radius 3 is 3.31 bits per heavy atom. The Hall–Kier alpha value is -1.07. The molecule has 3 nitrogen and oxygen atoms in total. The molecule has 84 valence electrons. The number of hydrogen-bond donors (Lipinski definition) is 1. The summed E-state index contributed by atoms with van der Waals surface area (Å²) in [4.78, 5) is 4.38. The van der Waals surface area contributed by atoms with Gasteiger partial charge in [0.25, 0.3) is 0 Å². The number of nitrogens with zero attached hydrogens (tertiary/aromatic N) is 2. The fourth-order valence-corrected chi connectivity index (χ4v) is 2.91. The van der Waals surface area contributed by atoms with Crippen molar-refractivity contribution in [2.24, 2.45) is 0 Å². The summed E-state index contributed by atoms with van der Waals surface area (Å²) < 4.78 is 15.0. The fraction of sp³-hybridized carbons (Fsp3) is 0.364. The zero-order valence-electron chi connectivity index (χ0n) is 8.69. The summed E-state index contributed by atoms with van der Waals surface area (Å²) in [6.07, 6.45) is 3.47. The molecule has 0 aliphatic carbocycles. The number of nitrogens with one attached hydrogen (secondary N) is 1. The molecule has 1 unspecified atom stereocenters. The van der Waals surface area contributed by atoms with Gasteiger partial charge in [0.2, 0.25) is 0 Å². The van der Waals surface area contributed by atoms with Gasteiger partial charge >= 0.3 is 0 Å². The van der Waals surface area contributed by atoms with Crippen molar-refractivity contribution in [1.82, 2.24) is 14.7 Å². The number of rotatable bonds is 1. The Labute approximate surface area is 97.1 Å². The van der Waals surface area contributed by atoms with Crippen molar-refractivity contribution in [3.05, 3.63) is 36.2 Å². The predicted molar refractivity (Wildman–Crippen MR) is 63.2 cm³/mol. The van der Waals surface area contributed by atoms with Gasteiger partial charge in [-0.3, -0.25) is 0 Å². The lowest BCUT2D eigenvalue weighted by Gasteiger charge is -2.22. The zero-order chi connectivity index (χ0) is 11.0. The summed E-state index contributed by atoms with van der Waals surface area (Å²) in [5, 5.41) is 3.43. The molecule has 0 bridgehead atoms. The van der Waals surface area contributed by atoms with E-state index in [9.17, 15) is 4.39 Å². The smallest absolute Gasteiger partial charge is 0.131 e. The molecule has 1 fully saturated rings. The third kappa shape index (κ3) is 1.70. The van der Waals surface area contributed by atoms with Crippen molar-refractivity contribution in [3.63, 3.8) is 0 Å². The summed E-state index contributed by atoms with van der Waals surface area (Å²) in [5.74, 6) is 2.93. The van der Waals surface area contributed by atoms with Gasteiger partial charge in [-0.25, -0.2) is 9.37 Å². The number of aromatic nitrogens is 2. The van der Waals surface area contributed by atoms with E-state index in [1.165, 1.54) is 12.1 Å². The third-order valence-electron chi connectivity index (χ3n) is 2.76. The molecule has 0 saturated carbocycles. The highest BCUT2D eigenvalue weighted by molar-refractivity contribution is 7.99. The highest BCUT2D eigenvalue weighted by Crippen LogP contribution is 2.22. The van der Waals surface area contributed by atoms with Crippen LogP contribution in [0, 0.1) is 5.82 Å². The van der Waals surface area contributed by atoms with E-state index in [4.69, 9.17) is 0 Å². The lowest BCUT2D eigenvalue weighted by Crippen LogP contribution is -2.31. The molecule has 0 amide bonds. The largest absolute Gasteiger partial charge is 0.306 e. The van der Waals surface area contributed by atoms with Crippen LogP contribution >= 0.6 is 11.8 Å². The van der Waals surface area contributed by atoms with Gasteiger partial charge in [-0.05, 0) is 12.1 Å². The molecule has 16 heavy (non-hydrogen) atoms. The average Bonchev–Trinajstić information content (AvgIpc) is 2.73. The molecule has 2 aromatic rings. The SMILES string of the molecule is Fc1ccn2c(C3CSCCN3)ncc2c1. The van der Waals surface area contributed by atoms with Gasteiger partial charge in [-0.15, -0.1) is 0 Å². The summed E-state index contributed by atoms with van der Waals surface area (Å²) in [6, 6.07) is 3.24. The lowest BCUT2D eigenvalue weighted by atomic mass is 10.3. The van der Waals surface area contributed by atoms with Crippen LogP contribution in [0.15, 0.2) is 24.5 Å². The van der Waals surface area contributed by atoms with Crippen LogP contribution in [0.4, 0.5) is 4.39 Å². The Morgan fingerprint density at radius 1 is 1.56 bits per heavy atom. The van der Waals surface area contributed by atoms with Crippen molar-refractivity contribution in [2.45, 2.75) is 6.04 Å². The number of halogens is 1. The van der Waals surface area contributed by atoms with Crippen molar-refractivity contribution in [3.8, 4) is 0 Å². The van der Waals surface area contributed by atoms with E-state index in [0.29, 0.717) is 0 Å². The van der Waals surface area contributed by atoms with Crippen molar-refractivity contribution < 1.29 is 4.39 Å². The maximum Gasteiger partial charge on any atom is 0.131 e. The topological polar surface area (TPSA) is 29.3 Å². The second-order valence-corrected chi connectivity index (χ2v) is 4.99. The number of pyridine rings is 1. The molecule has 0 radical (unpaired) electrons. The number of thioether (sulfide) groups is 1. The standard InChI is InChI=1S/C11H12FN3S/c12-8-1-3-15-9(5-8)6-14-11(15)10-7-16-4-2-13-10/h1,3,5-6,10,13H,2,4,7H2. The highest BCUT2D eigenvalue weighted by Gasteiger charge is 2.19. The van der Waals surface area contributed by atoms with E-state index in [1.807, 2.05) is 16.2 Å². The first-order valence-electron chi connectivity index (χ1n) is 5.28. The minimum Gasteiger partial charge on any atom is -0.306 e. The van der Waals surface area contributed by atoms with Crippen LogP contribution in [0.25, 0.3) is 5.52 Å². The van der Waals surface area contributed by atoms with Gasteiger partial charge in [-0.2, -0.15) is 11.8 Å². The van der Waals surface area contributed by atoms with Crippen LogP contribution in [0.3, 0.4) is 0 Å². The molecule has 1 saturated heterocycles. The molecule has 3 rings (SSSR count). The van der Waals surface area contributed by atoms with Crippen LogP contribution in [0.5, 0.6) is 0 Å². The molecule has 1 atom stereocenters. The van der Waals surface area contributed by atoms with Gasteiger partial charge in [0.1, 0.15) is 11.6 Å². The van der Waals surface area contributed by atoms with Crippen LogP contribution in [0.1, 0.15) is 11.9 Å². The van der Waals surface area contributed by atoms with Crippen LogP contribution in [0.2, 0.25) is 0 Å². The first-order chi connectivity index (χ1) is 7.84. The van der Waals surface area contributed by atoms with Gasteiger partial charge in [0.15, 0.2) is 0 Å². The van der Waals surface area contributed by atoms with E-state index >= 15 is 0 Å². The molecule has 5 heteroatoms. The molecule has 0 aromatic carbocycles.